The van der Waals surface area contributed by atoms with Crippen molar-refractivity contribution in [3.8, 4) is 0 Å². The monoisotopic (exact) mass is 262 g/mol. The molecule has 5 nitrogen and oxygen atoms in total. The van der Waals surface area contributed by atoms with Crippen LogP contribution < -0.4 is 5.32 Å². The van der Waals surface area contributed by atoms with E-state index in [0.717, 1.165) is 5.56 Å². The van der Waals surface area contributed by atoms with Crippen molar-refractivity contribution in [3.63, 3.8) is 0 Å². The van der Waals surface area contributed by atoms with Crippen molar-refractivity contribution in [3.05, 3.63) is 36.8 Å². The highest BCUT2D eigenvalue weighted by molar-refractivity contribution is 5.87. The molecule has 1 N–H and O–H groups in total. The van der Waals surface area contributed by atoms with Crippen LogP contribution in [-0.4, -0.2) is 29.8 Å². The molecule has 2 heterocycles. The third-order valence-corrected chi connectivity index (χ3v) is 3.40. The smallest absolute Gasteiger partial charge is 0.245 e. The van der Waals surface area contributed by atoms with Crippen LogP contribution >= 0.6 is 0 Å². The van der Waals surface area contributed by atoms with E-state index < -0.39 is 0 Å². The van der Waals surface area contributed by atoms with Crippen molar-refractivity contribution < 1.29 is 14.0 Å². The van der Waals surface area contributed by atoms with Crippen molar-refractivity contribution in [1.29, 1.82) is 0 Å². The fraction of sp³-hybridized carbons (Fsp3) is 0.429. The molecule has 0 atom stereocenters. The van der Waals surface area contributed by atoms with Crippen LogP contribution in [0.3, 0.4) is 0 Å². The molecule has 19 heavy (non-hydrogen) atoms. The number of amides is 2. The number of carbonyl (C=O) groups excluding carboxylic acids is 2. The van der Waals surface area contributed by atoms with Gasteiger partial charge in [-0.15, -0.1) is 0 Å². The van der Waals surface area contributed by atoms with Gasteiger partial charge >= 0.3 is 0 Å². The molecule has 0 aliphatic carbocycles. The summed E-state index contributed by atoms with van der Waals surface area (Å²) in [6.07, 6.45) is 5.93. The van der Waals surface area contributed by atoms with Crippen LogP contribution in [0.25, 0.3) is 0 Å². The number of likely N-dealkylation sites (tertiary alicyclic amines) is 1. The highest BCUT2D eigenvalue weighted by Crippen LogP contribution is 2.17. The average molecular weight is 262 g/mol. The molecule has 1 fully saturated rings. The molecule has 2 rings (SSSR count). The first kappa shape index (κ1) is 13.4. The van der Waals surface area contributed by atoms with Crippen molar-refractivity contribution in [2.24, 2.45) is 5.92 Å². The van der Waals surface area contributed by atoms with Gasteiger partial charge in [0.25, 0.3) is 0 Å². The molecule has 0 bridgehead atoms. The first-order valence-electron chi connectivity index (χ1n) is 6.41. The van der Waals surface area contributed by atoms with Crippen LogP contribution in [0.4, 0.5) is 0 Å². The second kappa shape index (κ2) is 6.22. The summed E-state index contributed by atoms with van der Waals surface area (Å²) in [6, 6.07) is 1.83. The molecule has 1 aliphatic rings. The highest BCUT2D eigenvalue weighted by atomic mass is 16.3. The molecule has 2 amide bonds. The SMILES string of the molecule is C=CC(=O)N1CCC(C(=O)NCc2ccoc2)CC1. The Morgan fingerprint density at radius 1 is 1.47 bits per heavy atom. The first-order valence-corrected chi connectivity index (χ1v) is 6.41. The number of furan rings is 1. The summed E-state index contributed by atoms with van der Waals surface area (Å²) in [7, 11) is 0. The van der Waals surface area contributed by atoms with Gasteiger partial charge in [-0.25, -0.2) is 0 Å². The van der Waals surface area contributed by atoms with Crippen molar-refractivity contribution in [2.45, 2.75) is 19.4 Å². The zero-order valence-electron chi connectivity index (χ0n) is 10.8. The van der Waals surface area contributed by atoms with Crippen molar-refractivity contribution in [2.75, 3.05) is 13.1 Å². The summed E-state index contributed by atoms with van der Waals surface area (Å²) in [5, 5.41) is 2.89. The predicted molar refractivity (Wildman–Crippen MR) is 70.1 cm³/mol. The van der Waals surface area contributed by atoms with Gasteiger partial charge in [0.1, 0.15) is 0 Å². The zero-order valence-corrected chi connectivity index (χ0v) is 10.8. The Morgan fingerprint density at radius 2 is 2.21 bits per heavy atom. The Labute approximate surface area is 112 Å². The van der Waals surface area contributed by atoms with Gasteiger partial charge in [-0.1, -0.05) is 6.58 Å². The lowest BCUT2D eigenvalue weighted by atomic mass is 9.96. The topological polar surface area (TPSA) is 62.6 Å². The number of rotatable bonds is 4. The fourth-order valence-corrected chi connectivity index (χ4v) is 2.22. The second-order valence-corrected chi connectivity index (χ2v) is 4.65. The van der Waals surface area contributed by atoms with E-state index in [9.17, 15) is 9.59 Å². The molecule has 1 aromatic rings. The third kappa shape index (κ3) is 3.47. The summed E-state index contributed by atoms with van der Waals surface area (Å²) in [4.78, 5) is 25.1. The molecule has 0 unspecified atom stereocenters. The van der Waals surface area contributed by atoms with Gasteiger partial charge in [0.15, 0.2) is 0 Å². The van der Waals surface area contributed by atoms with Crippen LogP contribution in [-0.2, 0) is 16.1 Å². The average Bonchev–Trinajstić information content (AvgIpc) is 2.97. The van der Waals surface area contributed by atoms with Gasteiger partial charge in [0, 0.05) is 31.1 Å². The Balaban J connectivity index is 1.76. The highest BCUT2D eigenvalue weighted by Gasteiger charge is 2.26. The molecular weight excluding hydrogens is 244 g/mol. The van der Waals surface area contributed by atoms with Gasteiger partial charge in [0.2, 0.25) is 11.8 Å². The normalized spacial score (nSPS) is 16.1. The summed E-state index contributed by atoms with van der Waals surface area (Å²) >= 11 is 0. The van der Waals surface area contributed by atoms with Gasteiger partial charge in [-0.05, 0) is 25.0 Å². The number of nitrogens with zero attached hydrogens (tertiary/aromatic N) is 1. The Bertz CT molecular complexity index is 445. The maximum atomic E-state index is 12.0. The van der Waals surface area contributed by atoms with Crippen LogP contribution in [0.5, 0.6) is 0 Å². The van der Waals surface area contributed by atoms with Gasteiger partial charge in [-0.3, -0.25) is 9.59 Å². The van der Waals surface area contributed by atoms with Gasteiger partial charge in [0.05, 0.1) is 12.5 Å². The number of hydrogen-bond acceptors (Lipinski definition) is 3. The maximum absolute atomic E-state index is 12.0. The largest absolute Gasteiger partial charge is 0.472 e. The summed E-state index contributed by atoms with van der Waals surface area (Å²) in [6.45, 7) is 5.20. The summed E-state index contributed by atoms with van der Waals surface area (Å²) < 4.78 is 4.94. The lowest BCUT2D eigenvalue weighted by molar-refractivity contribution is -0.132. The Hall–Kier alpha value is -2.04. The molecule has 0 saturated carbocycles. The minimum absolute atomic E-state index is 0.0132. The van der Waals surface area contributed by atoms with E-state index in [0.29, 0.717) is 32.5 Å². The molecular formula is C14H18N2O3. The second-order valence-electron chi connectivity index (χ2n) is 4.65. The molecule has 1 saturated heterocycles. The number of piperidine rings is 1. The summed E-state index contributed by atoms with van der Waals surface area (Å²) in [5.41, 5.74) is 0.952. The lowest BCUT2D eigenvalue weighted by Crippen LogP contribution is -2.42. The quantitative estimate of drug-likeness (QED) is 0.832. The minimum atomic E-state index is -0.0581. The van der Waals surface area contributed by atoms with E-state index in [2.05, 4.69) is 11.9 Å². The summed E-state index contributed by atoms with van der Waals surface area (Å²) in [5.74, 6) is -0.0232. The zero-order chi connectivity index (χ0) is 13.7. The fourth-order valence-electron chi connectivity index (χ4n) is 2.22. The van der Waals surface area contributed by atoms with E-state index in [1.54, 1.807) is 17.4 Å². The van der Waals surface area contributed by atoms with E-state index in [1.807, 2.05) is 6.07 Å². The minimum Gasteiger partial charge on any atom is -0.472 e. The standard InChI is InChI=1S/C14H18N2O3/c1-2-13(17)16-6-3-12(4-7-16)14(18)15-9-11-5-8-19-10-11/h2,5,8,10,12H,1,3-4,6-7,9H2,(H,15,18). The Kier molecular flexibility index (Phi) is 4.39. The lowest BCUT2D eigenvalue weighted by Gasteiger charge is -2.30. The Morgan fingerprint density at radius 3 is 2.79 bits per heavy atom. The van der Waals surface area contributed by atoms with E-state index in [4.69, 9.17) is 4.42 Å². The van der Waals surface area contributed by atoms with Crippen LogP contribution in [0.15, 0.2) is 35.7 Å². The van der Waals surface area contributed by atoms with Crippen LogP contribution in [0.2, 0.25) is 0 Å². The van der Waals surface area contributed by atoms with Crippen LogP contribution in [0, 0.1) is 5.92 Å². The number of carbonyl (C=O) groups is 2. The van der Waals surface area contributed by atoms with Crippen molar-refractivity contribution >= 4 is 11.8 Å². The molecule has 0 radical (unpaired) electrons. The van der Waals surface area contributed by atoms with Gasteiger partial charge < -0.3 is 14.6 Å². The molecule has 5 heteroatoms. The van der Waals surface area contributed by atoms with Gasteiger partial charge in [-0.2, -0.15) is 0 Å². The van der Waals surface area contributed by atoms with Crippen LogP contribution in [0.1, 0.15) is 18.4 Å². The van der Waals surface area contributed by atoms with E-state index >= 15 is 0 Å². The van der Waals surface area contributed by atoms with E-state index in [1.165, 1.54) is 6.08 Å². The predicted octanol–water partition coefficient (Wildman–Crippen LogP) is 1.32. The van der Waals surface area contributed by atoms with Crippen molar-refractivity contribution in [1.82, 2.24) is 10.2 Å². The maximum Gasteiger partial charge on any atom is 0.245 e. The molecule has 1 aromatic heterocycles. The number of hydrogen-bond donors (Lipinski definition) is 1. The molecule has 0 spiro atoms. The van der Waals surface area contributed by atoms with E-state index in [-0.39, 0.29) is 17.7 Å². The molecule has 0 aromatic carbocycles. The first-order chi connectivity index (χ1) is 9.20. The molecule has 1 aliphatic heterocycles. The number of nitrogens with one attached hydrogen (secondary N) is 1. The molecule has 102 valence electrons. The third-order valence-electron chi connectivity index (χ3n) is 3.40.